The van der Waals surface area contributed by atoms with E-state index in [1.807, 2.05) is 5.10 Å². The molecule has 4 heterocycles. The number of aromatic amines is 1. The number of carbonyl (C=O) groups is 1. The van der Waals surface area contributed by atoms with Crippen LogP contribution in [0.25, 0.3) is 0 Å². The molecule has 0 aromatic carbocycles. The fraction of sp³-hybridized carbons (Fsp3) is 0.579. The Labute approximate surface area is 199 Å². The van der Waals surface area contributed by atoms with Crippen molar-refractivity contribution in [3.63, 3.8) is 0 Å². The first kappa shape index (κ1) is 25.7. The maximum Gasteiger partial charge on any atom is 0.435 e. The molecule has 0 radical (unpaired) electrons. The lowest BCUT2D eigenvalue weighted by atomic mass is 10.1. The molecule has 1 unspecified atom stereocenters. The minimum atomic E-state index is -4.77. The number of piperazine rings is 1. The molecule has 1 amide bonds. The Morgan fingerprint density at radius 2 is 1.83 bits per heavy atom. The Balaban J connectivity index is 1.21. The van der Waals surface area contributed by atoms with Crippen molar-refractivity contribution < 1.29 is 41.0 Å². The molecule has 2 aliphatic heterocycles. The molecule has 0 saturated carbocycles. The molecule has 1 saturated heterocycles. The Bertz CT molecular complexity index is 1100. The first-order chi connectivity index (χ1) is 16.9. The van der Waals surface area contributed by atoms with Crippen molar-refractivity contribution >= 4 is 17.9 Å². The van der Waals surface area contributed by atoms with E-state index in [9.17, 15) is 36.2 Å². The topological polar surface area (TPSA) is 124 Å². The zero-order valence-electron chi connectivity index (χ0n) is 18.6. The summed E-state index contributed by atoms with van der Waals surface area (Å²) < 4.78 is 84.4. The minimum absolute atomic E-state index is 0.00499. The summed E-state index contributed by atoms with van der Waals surface area (Å²) in [6, 6.07) is 0.919. The van der Waals surface area contributed by atoms with Crippen LogP contribution in [0.15, 0.2) is 11.2 Å². The van der Waals surface area contributed by atoms with Crippen LogP contribution in [0, 0.1) is 0 Å². The largest absolute Gasteiger partial charge is 0.435 e. The Morgan fingerprint density at radius 3 is 2.47 bits per heavy atom. The minimum Gasteiger partial charge on any atom is -0.379 e. The number of amides is 1. The van der Waals surface area contributed by atoms with Crippen molar-refractivity contribution in [2.45, 2.75) is 31.5 Å². The SMILES string of the molecule is O=C(CCOCCn1nc(C(F)(F)F)c2c1C=NNC2O)N1CCN(c2cc(C(F)(F)F)[nH]n2)CC1. The monoisotopic (exact) mass is 524 g/mol. The summed E-state index contributed by atoms with van der Waals surface area (Å²) in [4.78, 5) is 15.6. The fourth-order valence-electron chi connectivity index (χ4n) is 3.88. The van der Waals surface area contributed by atoms with Gasteiger partial charge in [0.2, 0.25) is 5.91 Å². The van der Waals surface area contributed by atoms with Crippen molar-refractivity contribution in [3.8, 4) is 0 Å². The second kappa shape index (κ2) is 9.96. The highest BCUT2D eigenvalue weighted by Crippen LogP contribution is 2.35. The number of rotatable bonds is 7. The highest BCUT2D eigenvalue weighted by atomic mass is 19.4. The summed E-state index contributed by atoms with van der Waals surface area (Å²) in [5.74, 6) is -0.0644. The zero-order chi connectivity index (χ0) is 26.1. The number of aliphatic hydroxyl groups excluding tert-OH is 1. The lowest BCUT2D eigenvalue weighted by Crippen LogP contribution is -2.49. The van der Waals surface area contributed by atoms with E-state index in [4.69, 9.17) is 4.74 Å². The van der Waals surface area contributed by atoms with Crippen LogP contribution in [-0.4, -0.2) is 81.5 Å². The molecule has 0 bridgehead atoms. The third kappa shape index (κ3) is 5.56. The zero-order valence-corrected chi connectivity index (χ0v) is 18.6. The highest BCUT2D eigenvalue weighted by molar-refractivity contribution is 5.81. The predicted molar refractivity (Wildman–Crippen MR) is 111 cm³/mol. The van der Waals surface area contributed by atoms with Gasteiger partial charge < -0.3 is 19.6 Å². The highest BCUT2D eigenvalue weighted by Gasteiger charge is 2.42. The number of nitrogens with one attached hydrogen (secondary N) is 2. The van der Waals surface area contributed by atoms with Crippen molar-refractivity contribution in [1.29, 1.82) is 0 Å². The van der Waals surface area contributed by atoms with Gasteiger partial charge in [0.1, 0.15) is 5.69 Å². The van der Waals surface area contributed by atoms with Crippen LogP contribution in [0.3, 0.4) is 0 Å². The van der Waals surface area contributed by atoms with Gasteiger partial charge in [-0.2, -0.15) is 41.6 Å². The molecule has 17 heteroatoms. The van der Waals surface area contributed by atoms with E-state index in [1.54, 1.807) is 9.80 Å². The van der Waals surface area contributed by atoms with E-state index in [0.29, 0.717) is 26.2 Å². The van der Waals surface area contributed by atoms with Gasteiger partial charge in [0.15, 0.2) is 17.7 Å². The van der Waals surface area contributed by atoms with Gasteiger partial charge in [-0.05, 0) is 0 Å². The van der Waals surface area contributed by atoms with Gasteiger partial charge in [0, 0.05) is 32.2 Å². The summed E-state index contributed by atoms with van der Waals surface area (Å²) in [5.41, 5.74) is -0.433. The number of alkyl halides is 6. The number of carbonyl (C=O) groups excluding carboxylic acids is 1. The molecule has 3 N–H and O–H groups in total. The number of hydrazone groups is 1. The summed E-state index contributed by atoms with van der Waals surface area (Å²) in [6.07, 6.45) is -9.78. The molecule has 4 rings (SSSR count). The van der Waals surface area contributed by atoms with Crippen LogP contribution in [0.2, 0.25) is 0 Å². The smallest absolute Gasteiger partial charge is 0.379 e. The third-order valence-electron chi connectivity index (χ3n) is 5.69. The number of fused-ring (bicyclic) bond motifs is 1. The van der Waals surface area contributed by atoms with Crippen LogP contribution >= 0.6 is 0 Å². The number of aliphatic hydroxyl groups is 1. The average Bonchev–Trinajstić information content (AvgIpc) is 3.45. The first-order valence-electron chi connectivity index (χ1n) is 10.8. The fourth-order valence-corrected chi connectivity index (χ4v) is 3.88. The van der Waals surface area contributed by atoms with E-state index >= 15 is 0 Å². The summed E-state index contributed by atoms with van der Waals surface area (Å²) >= 11 is 0. The van der Waals surface area contributed by atoms with Crippen molar-refractivity contribution in [2.24, 2.45) is 5.10 Å². The molecule has 0 spiro atoms. The average molecular weight is 524 g/mol. The normalized spacial score (nSPS) is 18.4. The summed E-state index contributed by atoms with van der Waals surface area (Å²) in [5, 5.41) is 22.6. The second-order valence-corrected chi connectivity index (χ2v) is 8.03. The molecule has 0 aliphatic carbocycles. The van der Waals surface area contributed by atoms with E-state index < -0.39 is 35.5 Å². The lowest BCUT2D eigenvalue weighted by molar-refractivity contribution is -0.143. The van der Waals surface area contributed by atoms with Gasteiger partial charge in [0.25, 0.3) is 0 Å². The van der Waals surface area contributed by atoms with E-state index in [1.165, 1.54) is 0 Å². The molecule has 1 fully saturated rings. The predicted octanol–water partition coefficient (Wildman–Crippen LogP) is 1.33. The Kier molecular flexibility index (Phi) is 7.12. The van der Waals surface area contributed by atoms with Crippen molar-refractivity contribution in [1.82, 2.24) is 30.3 Å². The van der Waals surface area contributed by atoms with Gasteiger partial charge >= 0.3 is 12.4 Å². The number of hydrogen-bond donors (Lipinski definition) is 3. The van der Waals surface area contributed by atoms with E-state index in [2.05, 4.69) is 20.7 Å². The maximum atomic E-state index is 13.3. The van der Waals surface area contributed by atoms with Crippen molar-refractivity contribution in [2.75, 3.05) is 44.3 Å². The first-order valence-corrected chi connectivity index (χ1v) is 10.8. The number of aromatic nitrogens is 4. The molecule has 2 aromatic heterocycles. The standard InChI is InChI=1S/C19H22F6N8O3/c20-18(21,22)12-9-13(28-27-12)31-2-4-32(5-3-31)14(34)1-7-36-8-6-33-11-10-26-29-17(35)15(11)16(30-33)19(23,24)25/h9-10,17,29,35H,1-8H2,(H,27,28). The van der Waals surface area contributed by atoms with Gasteiger partial charge in [-0.3, -0.25) is 20.0 Å². The van der Waals surface area contributed by atoms with Gasteiger partial charge in [0.05, 0.1) is 43.7 Å². The molecular weight excluding hydrogens is 502 g/mol. The van der Waals surface area contributed by atoms with Crippen LogP contribution in [0.1, 0.15) is 35.3 Å². The molecule has 2 aromatic rings. The molecule has 198 valence electrons. The van der Waals surface area contributed by atoms with Gasteiger partial charge in [-0.15, -0.1) is 0 Å². The number of nitrogens with zero attached hydrogens (tertiary/aromatic N) is 6. The Hall–Kier alpha value is -3.34. The summed E-state index contributed by atoms with van der Waals surface area (Å²) in [7, 11) is 0. The van der Waals surface area contributed by atoms with Crippen LogP contribution in [0.4, 0.5) is 32.2 Å². The van der Waals surface area contributed by atoms with Crippen LogP contribution in [-0.2, 0) is 28.4 Å². The summed E-state index contributed by atoms with van der Waals surface area (Å²) in [6.45, 7) is 1.12. The quantitative estimate of drug-likeness (QED) is 0.369. The molecule has 2 aliphatic rings. The number of halogens is 6. The number of H-pyrrole nitrogens is 1. The Morgan fingerprint density at radius 1 is 1.11 bits per heavy atom. The second-order valence-electron chi connectivity index (χ2n) is 8.03. The number of anilines is 1. The number of hydrogen-bond acceptors (Lipinski definition) is 8. The van der Waals surface area contributed by atoms with Gasteiger partial charge in [-0.25, -0.2) is 0 Å². The van der Waals surface area contributed by atoms with Crippen LogP contribution in [0.5, 0.6) is 0 Å². The molecule has 36 heavy (non-hydrogen) atoms. The molecular formula is C19H22F6N8O3. The van der Waals surface area contributed by atoms with Crippen LogP contribution < -0.4 is 10.3 Å². The number of ether oxygens (including phenoxy) is 1. The van der Waals surface area contributed by atoms with Gasteiger partial charge in [-0.1, -0.05) is 0 Å². The van der Waals surface area contributed by atoms with E-state index in [0.717, 1.165) is 17.0 Å². The lowest BCUT2D eigenvalue weighted by Gasteiger charge is -2.34. The molecule has 11 nitrogen and oxygen atoms in total. The van der Waals surface area contributed by atoms with Crippen molar-refractivity contribution in [3.05, 3.63) is 28.7 Å². The molecule has 1 atom stereocenters. The third-order valence-corrected chi connectivity index (χ3v) is 5.69. The van der Waals surface area contributed by atoms with E-state index in [-0.39, 0.29) is 43.6 Å². The maximum absolute atomic E-state index is 13.3.